The lowest BCUT2D eigenvalue weighted by Crippen LogP contribution is -2.31. The van der Waals surface area contributed by atoms with Crippen LogP contribution < -0.4 is 10.1 Å². The second kappa shape index (κ2) is 11.8. The van der Waals surface area contributed by atoms with Gasteiger partial charge in [0.05, 0.1) is 25.9 Å². The largest absolute Gasteiger partial charge is 0.494 e. The SMILES string of the molecule is CCCCCCOC(=O)c1cnc(C(=O)NCC(=O)OCC)c(OC)c1. The normalized spacial score (nSPS) is 10.1. The highest BCUT2D eigenvalue weighted by atomic mass is 16.5. The molecule has 0 radical (unpaired) electrons. The van der Waals surface area contributed by atoms with Gasteiger partial charge in [-0.15, -0.1) is 0 Å². The van der Waals surface area contributed by atoms with Crippen LogP contribution in [0.1, 0.15) is 60.4 Å². The van der Waals surface area contributed by atoms with Gasteiger partial charge in [-0.3, -0.25) is 9.59 Å². The maximum Gasteiger partial charge on any atom is 0.339 e. The Hall–Kier alpha value is -2.64. The zero-order valence-corrected chi connectivity index (χ0v) is 15.5. The third kappa shape index (κ3) is 7.08. The molecule has 0 saturated heterocycles. The monoisotopic (exact) mass is 366 g/mol. The summed E-state index contributed by atoms with van der Waals surface area (Å²) < 4.78 is 15.0. The maximum atomic E-state index is 12.1. The molecule has 1 aromatic heterocycles. The number of hydrogen-bond acceptors (Lipinski definition) is 7. The minimum atomic E-state index is -0.602. The van der Waals surface area contributed by atoms with Crippen molar-refractivity contribution in [2.75, 3.05) is 26.9 Å². The van der Waals surface area contributed by atoms with E-state index in [1.54, 1.807) is 6.92 Å². The van der Waals surface area contributed by atoms with Crippen LogP contribution in [0, 0.1) is 0 Å². The number of aromatic nitrogens is 1. The van der Waals surface area contributed by atoms with E-state index in [0.29, 0.717) is 6.61 Å². The van der Waals surface area contributed by atoms with Gasteiger partial charge in [0.1, 0.15) is 6.54 Å². The third-order valence-electron chi connectivity index (χ3n) is 3.45. The second-order valence-corrected chi connectivity index (χ2v) is 5.46. The number of rotatable bonds is 11. The Morgan fingerprint density at radius 2 is 1.88 bits per heavy atom. The molecule has 1 heterocycles. The number of pyridine rings is 1. The van der Waals surface area contributed by atoms with Crippen molar-refractivity contribution in [1.29, 1.82) is 0 Å². The van der Waals surface area contributed by atoms with E-state index in [1.165, 1.54) is 19.4 Å². The van der Waals surface area contributed by atoms with E-state index in [1.807, 2.05) is 0 Å². The highest BCUT2D eigenvalue weighted by molar-refractivity contribution is 5.98. The van der Waals surface area contributed by atoms with E-state index >= 15 is 0 Å². The van der Waals surface area contributed by atoms with E-state index in [9.17, 15) is 14.4 Å². The lowest BCUT2D eigenvalue weighted by molar-refractivity contribution is -0.141. The first-order chi connectivity index (χ1) is 12.5. The predicted octanol–water partition coefficient (Wildman–Crippen LogP) is 2.12. The van der Waals surface area contributed by atoms with Crippen molar-refractivity contribution >= 4 is 17.8 Å². The maximum absolute atomic E-state index is 12.1. The van der Waals surface area contributed by atoms with Crippen LogP contribution in [0.2, 0.25) is 0 Å². The Morgan fingerprint density at radius 1 is 1.12 bits per heavy atom. The van der Waals surface area contributed by atoms with Crippen LogP contribution in [0.25, 0.3) is 0 Å². The zero-order chi connectivity index (χ0) is 19.4. The molecule has 1 rings (SSSR count). The molecule has 0 saturated carbocycles. The average Bonchev–Trinajstić information content (AvgIpc) is 2.65. The molecule has 0 atom stereocenters. The van der Waals surface area contributed by atoms with E-state index in [4.69, 9.17) is 14.2 Å². The zero-order valence-electron chi connectivity index (χ0n) is 15.5. The summed E-state index contributed by atoms with van der Waals surface area (Å²) in [4.78, 5) is 39.4. The molecule has 0 aliphatic heterocycles. The summed E-state index contributed by atoms with van der Waals surface area (Å²) in [5.41, 5.74) is 0.163. The van der Waals surface area contributed by atoms with Gasteiger partial charge < -0.3 is 19.5 Å². The van der Waals surface area contributed by atoms with Crippen LogP contribution >= 0.6 is 0 Å². The molecule has 0 aliphatic rings. The van der Waals surface area contributed by atoms with Gasteiger partial charge in [-0.1, -0.05) is 26.2 Å². The molecular weight excluding hydrogens is 340 g/mol. The molecular formula is C18H26N2O6. The number of hydrogen-bond donors (Lipinski definition) is 1. The molecule has 1 aromatic rings. The van der Waals surface area contributed by atoms with Crippen LogP contribution in [0.5, 0.6) is 5.75 Å². The Bertz CT molecular complexity index is 618. The molecule has 8 heteroatoms. The van der Waals surface area contributed by atoms with Crippen molar-refractivity contribution in [2.45, 2.75) is 39.5 Å². The number of esters is 2. The Labute approximate surface area is 153 Å². The van der Waals surface area contributed by atoms with Crippen LogP contribution in [0.15, 0.2) is 12.3 Å². The quantitative estimate of drug-likeness (QED) is 0.472. The van der Waals surface area contributed by atoms with Crippen LogP contribution in [0.3, 0.4) is 0 Å². The van der Waals surface area contributed by atoms with Gasteiger partial charge in [-0.25, -0.2) is 9.78 Å². The standard InChI is InChI=1S/C18H26N2O6/c1-4-6-7-8-9-26-18(23)13-10-14(24-3)16(19-11-13)17(22)20-12-15(21)25-5-2/h10-11H,4-9,12H2,1-3H3,(H,20,22). The number of amides is 1. The Kier molecular flexibility index (Phi) is 9.74. The lowest BCUT2D eigenvalue weighted by atomic mass is 10.2. The fourth-order valence-corrected chi connectivity index (χ4v) is 2.11. The van der Waals surface area contributed by atoms with Crippen LogP contribution in [0.4, 0.5) is 0 Å². The third-order valence-corrected chi connectivity index (χ3v) is 3.45. The Morgan fingerprint density at radius 3 is 2.54 bits per heavy atom. The summed E-state index contributed by atoms with van der Waals surface area (Å²) in [5.74, 6) is -1.56. The number of carbonyl (C=O) groups is 3. The van der Waals surface area contributed by atoms with Crippen molar-refractivity contribution < 1.29 is 28.6 Å². The summed E-state index contributed by atoms with van der Waals surface area (Å²) in [6, 6.07) is 1.39. The molecule has 0 bridgehead atoms. The summed E-state index contributed by atoms with van der Waals surface area (Å²) in [6.07, 6.45) is 5.26. The number of nitrogens with zero attached hydrogens (tertiary/aromatic N) is 1. The predicted molar refractivity (Wildman–Crippen MR) is 94.2 cm³/mol. The first-order valence-electron chi connectivity index (χ1n) is 8.68. The van der Waals surface area contributed by atoms with Crippen molar-refractivity contribution in [2.24, 2.45) is 0 Å². The fraction of sp³-hybridized carbons (Fsp3) is 0.556. The minimum absolute atomic E-state index is 0.0312. The molecule has 1 amide bonds. The summed E-state index contributed by atoms with van der Waals surface area (Å²) in [6.45, 7) is 4.06. The fourth-order valence-electron chi connectivity index (χ4n) is 2.11. The average molecular weight is 366 g/mol. The molecule has 144 valence electrons. The van der Waals surface area contributed by atoms with Crippen molar-refractivity contribution in [3.8, 4) is 5.75 Å². The number of methoxy groups -OCH3 is 1. The van der Waals surface area contributed by atoms with Gasteiger partial charge in [0.15, 0.2) is 11.4 Å². The highest BCUT2D eigenvalue weighted by Crippen LogP contribution is 2.18. The smallest absolute Gasteiger partial charge is 0.339 e. The highest BCUT2D eigenvalue weighted by Gasteiger charge is 2.18. The van der Waals surface area contributed by atoms with Gasteiger partial charge in [-0.2, -0.15) is 0 Å². The Balaban J connectivity index is 2.66. The number of ether oxygens (including phenoxy) is 3. The molecule has 0 aliphatic carbocycles. The van der Waals surface area contributed by atoms with Gasteiger partial charge >= 0.3 is 11.9 Å². The number of nitrogens with one attached hydrogen (secondary N) is 1. The first kappa shape index (κ1) is 21.4. The topological polar surface area (TPSA) is 104 Å². The van der Waals surface area contributed by atoms with Gasteiger partial charge in [0.25, 0.3) is 5.91 Å². The van der Waals surface area contributed by atoms with Crippen LogP contribution in [-0.2, 0) is 14.3 Å². The van der Waals surface area contributed by atoms with E-state index < -0.39 is 17.8 Å². The number of unbranched alkanes of at least 4 members (excludes halogenated alkanes) is 3. The van der Waals surface area contributed by atoms with Crippen LogP contribution in [-0.4, -0.2) is 49.7 Å². The van der Waals surface area contributed by atoms with E-state index in [2.05, 4.69) is 17.2 Å². The summed E-state index contributed by atoms with van der Waals surface area (Å²) >= 11 is 0. The van der Waals surface area contributed by atoms with Gasteiger partial charge in [0, 0.05) is 6.20 Å². The summed E-state index contributed by atoms with van der Waals surface area (Å²) in [7, 11) is 1.36. The van der Waals surface area contributed by atoms with E-state index in [0.717, 1.165) is 25.7 Å². The first-order valence-corrected chi connectivity index (χ1v) is 8.68. The number of carbonyl (C=O) groups excluding carboxylic acids is 3. The van der Waals surface area contributed by atoms with Crippen molar-refractivity contribution in [3.63, 3.8) is 0 Å². The molecule has 1 N–H and O–H groups in total. The van der Waals surface area contributed by atoms with Gasteiger partial charge in [-0.05, 0) is 19.4 Å². The minimum Gasteiger partial charge on any atom is -0.494 e. The van der Waals surface area contributed by atoms with E-state index in [-0.39, 0.29) is 30.2 Å². The molecule has 0 aromatic carbocycles. The molecule has 26 heavy (non-hydrogen) atoms. The molecule has 8 nitrogen and oxygen atoms in total. The van der Waals surface area contributed by atoms with Crippen molar-refractivity contribution in [3.05, 3.63) is 23.5 Å². The second-order valence-electron chi connectivity index (χ2n) is 5.46. The lowest BCUT2D eigenvalue weighted by Gasteiger charge is -2.10. The summed E-state index contributed by atoms with van der Waals surface area (Å²) in [5, 5.41) is 2.39. The molecule has 0 fully saturated rings. The molecule has 0 spiro atoms. The molecule has 0 unspecified atom stereocenters. The van der Waals surface area contributed by atoms with Gasteiger partial charge in [0.2, 0.25) is 0 Å². The van der Waals surface area contributed by atoms with Crippen molar-refractivity contribution in [1.82, 2.24) is 10.3 Å².